The number of nitrogens with one attached hydrogen (secondary N) is 2. The van der Waals surface area contributed by atoms with E-state index in [2.05, 4.69) is 16.4 Å². The molecule has 1 aromatic heterocycles. The van der Waals surface area contributed by atoms with Gasteiger partial charge in [-0.3, -0.25) is 19.8 Å². The number of carbonyl (C=O) groups excluding carboxylic acids is 2. The summed E-state index contributed by atoms with van der Waals surface area (Å²) in [5, 5.41) is 11.5. The number of hydrogen-bond donors (Lipinski definition) is 3. The lowest BCUT2D eigenvalue weighted by Crippen LogP contribution is -2.31. The maximum Gasteiger partial charge on any atom is 0.253 e. The average molecular weight is 458 g/mol. The van der Waals surface area contributed by atoms with Crippen LogP contribution in [-0.2, 0) is 27.4 Å². The van der Waals surface area contributed by atoms with Crippen molar-refractivity contribution >= 4 is 17.5 Å². The Morgan fingerprint density at radius 1 is 1.27 bits per heavy atom. The Hall–Kier alpha value is -3.17. The molecule has 0 saturated heterocycles. The highest BCUT2D eigenvalue weighted by atomic mass is 16.5. The molecule has 9 heteroatoms. The second-order valence-corrected chi connectivity index (χ2v) is 7.94. The number of carbonyl (C=O) groups is 2. The van der Waals surface area contributed by atoms with Crippen LogP contribution in [0.1, 0.15) is 49.7 Å². The Bertz CT molecular complexity index is 936. The lowest BCUT2D eigenvalue weighted by atomic mass is 10.1. The van der Waals surface area contributed by atoms with Crippen LogP contribution in [0.15, 0.2) is 36.7 Å². The summed E-state index contributed by atoms with van der Waals surface area (Å²) in [4.78, 5) is 28.2. The van der Waals surface area contributed by atoms with Gasteiger partial charge in [0.05, 0.1) is 13.3 Å². The topological polar surface area (TPSA) is 119 Å². The van der Waals surface area contributed by atoms with Crippen molar-refractivity contribution < 1.29 is 29.0 Å². The molecule has 2 bridgehead atoms. The predicted molar refractivity (Wildman–Crippen MR) is 121 cm³/mol. The van der Waals surface area contributed by atoms with Crippen LogP contribution in [0, 0.1) is 0 Å². The van der Waals surface area contributed by atoms with E-state index in [1.165, 1.54) is 0 Å². The number of amides is 2. The van der Waals surface area contributed by atoms with E-state index in [1.807, 2.05) is 12.1 Å². The number of aryl methyl sites for hydroxylation is 1. The zero-order chi connectivity index (χ0) is 23.5. The number of ether oxygens (including phenoxy) is 3. The van der Waals surface area contributed by atoms with E-state index in [0.717, 1.165) is 36.1 Å². The smallest absolute Gasteiger partial charge is 0.253 e. The molecular formula is C24H31N3O6. The fraction of sp³-hybridized carbons (Fsp3) is 0.458. The number of nitrogens with zero attached hydrogens (tertiary/aromatic N) is 1. The molecule has 33 heavy (non-hydrogen) atoms. The number of pyridine rings is 1. The highest BCUT2D eigenvalue weighted by molar-refractivity contribution is 5.95. The molecule has 2 aromatic rings. The number of anilines is 1. The molecule has 0 spiro atoms. The second-order valence-electron chi connectivity index (χ2n) is 7.94. The van der Waals surface area contributed by atoms with E-state index < -0.39 is 12.0 Å². The second kappa shape index (κ2) is 12.8. The molecule has 2 amide bonds. The Labute approximate surface area is 193 Å². The highest BCUT2D eigenvalue weighted by Gasteiger charge is 2.21. The van der Waals surface area contributed by atoms with Crippen LogP contribution < -0.4 is 20.3 Å². The molecule has 1 aliphatic rings. The molecule has 0 radical (unpaired) electrons. The molecule has 1 aromatic carbocycles. The Balaban J connectivity index is 1.71. The number of hydrogen-bond acceptors (Lipinski definition) is 7. The molecule has 0 aliphatic carbocycles. The van der Waals surface area contributed by atoms with E-state index in [4.69, 9.17) is 19.4 Å². The van der Waals surface area contributed by atoms with Gasteiger partial charge < -0.3 is 19.5 Å². The minimum absolute atomic E-state index is 0.243. The largest absolute Gasteiger partial charge is 0.497 e. The number of fused-ring (bicyclic) bond motifs is 3. The SMILES string of the molecule is COc1cc2cc(c1)COc1ccncc1NC(=O)C(CCCCCC(=O)NO)OCCC2. The zero-order valence-corrected chi connectivity index (χ0v) is 18.8. The van der Waals surface area contributed by atoms with Gasteiger partial charge in [0.15, 0.2) is 0 Å². The number of unbranched alkanes of at least 4 members (excludes halogenated alkanes) is 2. The van der Waals surface area contributed by atoms with E-state index in [-0.39, 0.29) is 12.3 Å². The van der Waals surface area contributed by atoms with Crippen LogP contribution >= 0.6 is 0 Å². The third kappa shape index (κ3) is 7.73. The first-order valence-electron chi connectivity index (χ1n) is 11.2. The Kier molecular flexibility index (Phi) is 9.46. The van der Waals surface area contributed by atoms with Crippen molar-refractivity contribution in [3.63, 3.8) is 0 Å². The molecule has 1 aliphatic heterocycles. The number of benzene rings is 1. The molecular weight excluding hydrogens is 426 g/mol. The van der Waals surface area contributed by atoms with Gasteiger partial charge in [-0.15, -0.1) is 0 Å². The van der Waals surface area contributed by atoms with Crippen molar-refractivity contribution in [1.29, 1.82) is 0 Å². The minimum atomic E-state index is -0.631. The normalized spacial score (nSPS) is 16.5. The van der Waals surface area contributed by atoms with Crippen molar-refractivity contribution in [3.05, 3.63) is 47.8 Å². The Morgan fingerprint density at radius 2 is 2.12 bits per heavy atom. The van der Waals surface area contributed by atoms with E-state index >= 15 is 0 Å². The number of hydroxylamine groups is 1. The molecule has 3 N–H and O–H groups in total. The summed E-state index contributed by atoms with van der Waals surface area (Å²) >= 11 is 0. The van der Waals surface area contributed by atoms with Crippen LogP contribution in [0.3, 0.4) is 0 Å². The quantitative estimate of drug-likeness (QED) is 0.331. The van der Waals surface area contributed by atoms with Gasteiger partial charge in [0.1, 0.15) is 29.9 Å². The summed E-state index contributed by atoms with van der Waals surface area (Å²) in [6.07, 6.45) is 6.93. The van der Waals surface area contributed by atoms with Crippen molar-refractivity contribution in [1.82, 2.24) is 10.5 Å². The van der Waals surface area contributed by atoms with Gasteiger partial charge in [0.2, 0.25) is 5.91 Å². The molecule has 3 rings (SSSR count). The summed E-state index contributed by atoms with van der Waals surface area (Å²) in [5.74, 6) is 0.633. The summed E-state index contributed by atoms with van der Waals surface area (Å²) in [6.45, 7) is 0.770. The highest BCUT2D eigenvalue weighted by Crippen LogP contribution is 2.26. The van der Waals surface area contributed by atoms with E-state index in [9.17, 15) is 9.59 Å². The van der Waals surface area contributed by atoms with E-state index in [1.54, 1.807) is 31.0 Å². The van der Waals surface area contributed by atoms with Gasteiger partial charge in [0, 0.05) is 25.3 Å². The first kappa shape index (κ1) is 24.5. The molecule has 1 atom stereocenters. The molecule has 9 nitrogen and oxygen atoms in total. The van der Waals surface area contributed by atoms with Crippen LogP contribution in [0.25, 0.3) is 0 Å². The number of methoxy groups -OCH3 is 1. The molecule has 2 heterocycles. The molecule has 1 unspecified atom stereocenters. The minimum Gasteiger partial charge on any atom is -0.497 e. The van der Waals surface area contributed by atoms with Crippen LogP contribution in [-0.4, -0.2) is 41.8 Å². The monoisotopic (exact) mass is 457 g/mol. The summed E-state index contributed by atoms with van der Waals surface area (Å²) in [5.41, 5.74) is 4.20. The fourth-order valence-corrected chi connectivity index (χ4v) is 3.69. The maximum absolute atomic E-state index is 13.0. The first-order valence-corrected chi connectivity index (χ1v) is 11.2. The van der Waals surface area contributed by atoms with E-state index in [0.29, 0.717) is 43.9 Å². The van der Waals surface area contributed by atoms with Crippen molar-refractivity contribution in [2.24, 2.45) is 0 Å². The summed E-state index contributed by atoms with van der Waals surface area (Å²) in [6, 6.07) is 7.74. The lowest BCUT2D eigenvalue weighted by molar-refractivity contribution is -0.129. The van der Waals surface area contributed by atoms with Crippen LogP contribution in [0.4, 0.5) is 5.69 Å². The van der Waals surface area contributed by atoms with Crippen LogP contribution in [0.2, 0.25) is 0 Å². The number of rotatable bonds is 7. The van der Waals surface area contributed by atoms with Crippen molar-refractivity contribution in [2.75, 3.05) is 19.0 Å². The standard InChI is InChI=1S/C24H31N3O6/c1-31-19-13-17-6-5-11-32-22(7-3-2-4-8-23(28)27-30)24(29)26-20-15-25-10-9-21(20)33-16-18(12-17)14-19/h9-10,12-15,22,30H,2-8,11,16H2,1H3,(H,26,29)(H,27,28). The van der Waals surface area contributed by atoms with Crippen molar-refractivity contribution in [2.45, 2.75) is 57.7 Å². The Morgan fingerprint density at radius 3 is 2.94 bits per heavy atom. The molecule has 178 valence electrons. The average Bonchev–Trinajstić information content (AvgIpc) is 2.83. The van der Waals surface area contributed by atoms with Crippen molar-refractivity contribution in [3.8, 4) is 11.5 Å². The third-order valence-electron chi connectivity index (χ3n) is 5.41. The van der Waals surface area contributed by atoms with Gasteiger partial charge >= 0.3 is 0 Å². The van der Waals surface area contributed by atoms with Gasteiger partial charge in [0.25, 0.3) is 5.91 Å². The third-order valence-corrected chi connectivity index (χ3v) is 5.41. The zero-order valence-electron chi connectivity index (χ0n) is 18.8. The first-order chi connectivity index (χ1) is 16.1. The number of aromatic nitrogens is 1. The van der Waals surface area contributed by atoms with Gasteiger partial charge in [-0.05, 0) is 48.9 Å². The molecule has 0 fully saturated rings. The fourth-order valence-electron chi connectivity index (χ4n) is 3.69. The van der Waals surface area contributed by atoms with Gasteiger partial charge in [-0.2, -0.15) is 0 Å². The predicted octanol–water partition coefficient (Wildman–Crippen LogP) is 3.40. The lowest BCUT2D eigenvalue weighted by Gasteiger charge is -2.20. The van der Waals surface area contributed by atoms with Gasteiger partial charge in [-0.25, -0.2) is 5.48 Å². The van der Waals surface area contributed by atoms with Crippen LogP contribution in [0.5, 0.6) is 11.5 Å². The molecule has 0 saturated carbocycles. The summed E-state index contributed by atoms with van der Waals surface area (Å²) in [7, 11) is 1.64. The van der Waals surface area contributed by atoms with Gasteiger partial charge in [-0.1, -0.05) is 18.9 Å². The summed E-state index contributed by atoms with van der Waals surface area (Å²) < 4.78 is 17.4. The maximum atomic E-state index is 13.0.